The Hall–Kier alpha value is -3.00. The molecule has 30 heavy (non-hydrogen) atoms. The maximum absolute atomic E-state index is 13.1. The van der Waals surface area contributed by atoms with Crippen LogP contribution in [0.5, 0.6) is 0 Å². The van der Waals surface area contributed by atoms with Crippen LogP contribution in [0.4, 0.5) is 14.9 Å². The lowest BCUT2D eigenvalue weighted by Crippen LogP contribution is -2.39. The van der Waals surface area contributed by atoms with Crippen molar-refractivity contribution in [3.05, 3.63) is 59.2 Å². The van der Waals surface area contributed by atoms with Gasteiger partial charge in [-0.2, -0.15) is 0 Å². The van der Waals surface area contributed by atoms with Gasteiger partial charge in [0, 0.05) is 25.1 Å². The quantitative estimate of drug-likeness (QED) is 0.813. The monoisotopic (exact) mass is 413 g/mol. The van der Waals surface area contributed by atoms with Crippen molar-refractivity contribution in [3.63, 3.8) is 0 Å². The molecule has 0 aliphatic carbocycles. The topological polar surface area (TPSA) is 80.8 Å². The molecule has 3 heterocycles. The number of amides is 2. The molecule has 1 fully saturated rings. The van der Waals surface area contributed by atoms with Gasteiger partial charge < -0.3 is 14.8 Å². The molecule has 2 amide bonds. The van der Waals surface area contributed by atoms with E-state index in [0.29, 0.717) is 17.8 Å². The van der Waals surface area contributed by atoms with E-state index in [2.05, 4.69) is 10.3 Å². The molecule has 4 rings (SSSR count). The van der Waals surface area contributed by atoms with Crippen molar-refractivity contribution in [2.75, 3.05) is 24.7 Å². The number of hydrogen-bond donors (Lipinski definition) is 1. The van der Waals surface area contributed by atoms with Gasteiger partial charge in [0.2, 0.25) is 0 Å². The largest absolute Gasteiger partial charge is 0.446 e. The second kappa shape index (κ2) is 8.79. The van der Waals surface area contributed by atoms with E-state index in [0.717, 1.165) is 37.3 Å². The lowest BCUT2D eigenvalue weighted by Gasteiger charge is -2.31. The highest BCUT2D eigenvalue weighted by Gasteiger charge is 2.27. The Kier molecular flexibility index (Phi) is 5.94. The molecule has 1 N–H and O–H groups in total. The van der Waals surface area contributed by atoms with Gasteiger partial charge in [0.1, 0.15) is 12.4 Å². The van der Waals surface area contributed by atoms with Gasteiger partial charge in [-0.05, 0) is 56.2 Å². The molecule has 0 radical (unpaired) electrons. The van der Waals surface area contributed by atoms with Gasteiger partial charge in [0.05, 0.1) is 29.2 Å². The van der Waals surface area contributed by atoms with Crippen LogP contribution >= 0.6 is 0 Å². The highest BCUT2D eigenvalue weighted by atomic mass is 19.1. The van der Waals surface area contributed by atoms with Crippen LogP contribution in [0.2, 0.25) is 0 Å². The Bertz CT molecular complexity index is 930. The van der Waals surface area contributed by atoms with Crippen LogP contribution < -0.4 is 10.2 Å². The van der Waals surface area contributed by atoms with Crippen molar-refractivity contribution in [1.82, 2.24) is 10.3 Å². The molecule has 2 aromatic rings. The highest BCUT2D eigenvalue weighted by molar-refractivity contribution is 5.94. The zero-order valence-electron chi connectivity index (χ0n) is 16.8. The van der Waals surface area contributed by atoms with E-state index >= 15 is 0 Å². The predicted octanol–water partition coefficient (Wildman–Crippen LogP) is 3.39. The maximum atomic E-state index is 13.1. The first-order chi connectivity index (χ1) is 14.5. The van der Waals surface area contributed by atoms with E-state index in [1.165, 1.54) is 24.3 Å². The first-order valence-electron chi connectivity index (χ1n) is 10.1. The third-order valence-electron chi connectivity index (χ3n) is 5.36. The molecule has 158 valence electrons. The zero-order valence-corrected chi connectivity index (χ0v) is 16.8. The number of nitrogens with one attached hydrogen (secondary N) is 1. The van der Waals surface area contributed by atoms with Gasteiger partial charge in [0.15, 0.2) is 0 Å². The molecule has 7 nitrogen and oxygen atoms in total. The molecule has 2 atom stereocenters. The molecular weight excluding hydrogens is 389 g/mol. The number of halogens is 1. The molecule has 8 heteroatoms. The molecule has 0 spiro atoms. The van der Waals surface area contributed by atoms with E-state index < -0.39 is 6.09 Å². The lowest BCUT2D eigenvalue weighted by atomic mass is 10.1. The number of fused-ring (bicyclic) bond motifs is 1. The second-order valence-electron chi connectivity index (χ2n) is 7.52. The zero-order chi connectivity index (χ0) is 21.1. The van der Waals surface area contributed by atoms with Crippen LogP contribution in [-0.4, -0.2) is 42.8 Å². The normalized spacial score (nSPS) is 18.7. The Morgan fingerprint density at radius 1 is 1.30 bits per heavy atom. The van der Waals surface area contributed by atoms with Crippen LogP contribution in [0, 0.1) is 5.82 Å². The third kappa shape index (κ3) is 4.43. The Labute approximate surface area is 174 Å². The SMILES string of the molecule is CC(NC(=O)c1ccc(F)cc1)c1ccc2c(n1)CCCN2C(=O)OCC1CCO1. The molecule has 2 aliphatic rings. The number of benzene rings is 1. The fourth-order valence-corrected chi connectivity index (χ4v) is 3.51. The van der Waals surface area contributed by atoms with Crippen molar-refractivity contribution in [1.29, 1.82) is 0 Å². The number of carbonyl (C=O) groups excluding carboxylic acids is 2. The number of rotatable bonds is 5. The molecule has 0 bridgehead atoms. The Morgan fingerprint density at radius 2 is 2.07 bits per heavy atom. The van der Waals surface area contributed by atoms with E-state index in [9.17, 15) is 14.0 Å². The molecule has 1 aromatic carbocycles. The van der Waals surface area contributed by atoms with Gasteiger partial charge in [-0.15, -0.1) is 0 Å². The minimum absolute atomic E-state index is 0.00396. The number of aryl methyl sites for hydroxylation is 1. The van der Waals surface area contributed by atoms with Crippen LogP contribution in [0.3, 0.4) is 0 Å². The highest BCUT2D eigenvalue weighted by Crippen LogP contribution is 2.28. The first kappa shape index (κ1) is 20.3. The fraction of sp³-hybridized carbons (Fsp3) is 0.409. The number of anilines is 1. The van der Waals surface area contributed by atoms with Crippen molar-refractivity contribution in [3.8, 4) is 0 Å². The van der Waals surface area contributed by atoms with E-state index in [4.69, 9.17) is 9.47 Å². The Morgan fingerprint density at radius 3 is 2.77 bits per heavy atom. The third-order valence-corrected chi connectivity index (χ3v) is 5.36. The van der Waals surface area contributed by atoms with E-state index in [1.807, 2.05) is 13.0 Å². The second-order valence-corrected chi connectivity index (χ2v) is 7.52. The fourth-order valence-electron chi connectivity index (χ4n) is 3.51. The molecular formula is C22H24FN3O4. The van der Waals surface area contributed by atoms with E-state index in [1.54, 1.807) is 11.0 Å². The van der Waals surface area contributed by atoms with E-state index in [-0.39, 0.29) is 30.5 Å². The number of ether oxygens (including phenoxy) is 2. The summed E-state index contributed by atoms with van der Waals surface area (Å²) in [6.45, 7) is 3.40. The van der Waals surface area contributed by atoms with Gasteiger partial charge in [-0.1, -0.05) is 0 Å². The number of aromatic nitrogens is 1. The summed E-state index contributed by atoms with van der Waals surface area (Å²) < 4.78 is 23.7. The van der Waals surface area contributed by atoms with Crippen molar-refractivity contribution >= 4 is 17.7 Å². The van der Waals surface area contributed by atoms with Crippen LogP contribution in [0.15, 0.2) is 36.4 Å². The van der Waals surface area contributed by atoms with Gasteiger partial charge in [0.25, 0.3) is 5.91 Å². The molecule has 1 aromatic heterocycles. The Balaban J connectivity index is 1.42. The van der Waals surface area contributed by atoms with Crippen LogP contribution in [-0.2, 0) is 15.9 Å². The number of carbonyl (C=O) groups is 2. The molecule has 0 saturated carbocycles. The van der Waals surface area contributed by atoms with Crippen molar-refractivity contribution in [2.45, 2.75) is 38.3 Å². The summed E-state index contributed by atoms with van der Waals surface area (Å²) in [6, 6.07) is 8.69. The maximum Gasteiger partial charge on any atom is 0.414 e. The predicted molar refractivity (Wildman–Crippen MR) is 108 cm³/mol. The minimum atomic E-state index is -0.390. The summed E-state index contributed by atoms with van der Waals surface area (Å²) in [5.41, 5.74) is 2.62. The number of pyridine rings is 1. The van der Waals surface area contributed by atoms with Crippen molar-refractivity contribution in [2.24, 2.45) is 0 Å². The summed E-state index contributed by atoms with van der Waals surface area (Å²) in [5, 5.41) is 2.88. The average Bonchev–Trinajstić information content (AvgIpc) is 2.72. The van der Waals surface area contributed by atoms with Crippen molar-refractivity contribution < 1.29 is 23.5 Å². The average molecular weight is 413 g/mol. The molecule has 2 unspecified atom stereocenters. The van der Waals surface area contributed by atoms with Crippen LogP contribution in [0.25, 0.3) is 0 Å². The first-order valence-corrected chi connectivity index (χ1v) is 10.1. The summed E-state index contributed by atoms with van der Waals surface area (Å²) in [6.07, 6.45) is 2.06. The van der Waals surface area contributed by atoms with Crippen LogP contribution in [0.1, 0.15) is 47.6 Å². The summed E-state index contributed by atoms with van der Waals surface area (Å²) in [7, 11) is 0. The molecule has 2 aliphatic heterocycles. The standard InChI is InChI=1S/C22H24FN3O4/c1-14(24-21(27)15-4-6-16(23)7-5-15)18-8-9-20-19(25-18)3-2-11-26(20)22(28)30-13-17-10-12-29-17/h4-9,14,17H,2-3,10-13H2,1H3,(H,24,27). The number of nitrogens with zero attached hydrogens (tertiary/aromatic N) is 2. The van der Waals surface area contributed by atoms with Gasteiger partial charge in [-0.25, -0.2) is 9.18 Å². The summed E-state index contributed by atoms with van der Waals surface area (Å²) in [4.78, 5) is 31.2. The molecule has 1 saturated heterocycles. The number of hydrogen-bond acceptors (Lipinski definition) is 5. The van der Waals surface area contributed by atoms with Gasteiger partial charge in [-0.3, -0.25) is 14.7 Å². The summed E-state index contributed by atoms with van der Waals surface area (Å²) in [5.74, 6) is -0.690. The summed E-state index contributed by atoms with van der Waals surface area (Å²) >= 11 is 0. The minimum Gasteiger partial charge on any atom is -0.446 e. The lowest BCUT2D eigenvalue weighted by molar-refractivity contribution is -0.0789. The van der Waals surface area contributed by atoms with Gasteiger partial charge >= 0.3 is 6.09 Å². The smallest absolute Gasteiger partial charge is 0.414 e.